The molecule has 0 saturated carbocycles. The van der Waals surface area contributed by atoms with Gasteiger partial charge in [0.2, 0.25) is 0 Å². The second kappa shape index (κ2) is 7.45. The van der Waals surface area contributed by atoms with Crippen molar-refractivity contribution in [1.82, 2.24) is 5.32 Å². The van der Waals surface area contributed by atoms with Crippen molar-refractivity contribution < 1.29 is 14.6 Å². The number of hydrogen-bond acceptors (Lipinski definition) is 3. The molecule has 2 aromatic carbocycles. The van der Waals surface area contributed by atoms with Crippen molar-refractivity contribution in [2.75, 3.05) is 13.2 Å². The monoisotopic (exact) mass is 285 g/mol. The zero-order valence-corrected chi connectivity index (χ0v) is 12.0. The maximum Gasteiger partial charge on any atom is 0.335 e. The summed E-state index contributed by atoms with van der Waals surface area (Å²) in [4.78, 5) is 10.9. The van der Waals surface area contributed by atoms with E-state index in [1.165, 1.54) is 5.56 Å². The normalized spacial score (nSPS) is 10.3. The molecule has 4 nitrogen and oxygen atoms in total. The fourth-order valence-electron chi connectivity index (χ4n) is 1.99. The van der Waals surface area contributed by atoms with Gasteiger partial charge in [0.1, 0.15) is 12.4 Å². The van der Waals surface area contributed by atoms with Crippen molar-refractivity contribution in [1.29, 1.82) is 0 Å². The molecule has 0 atom stereocenters. The maximum absolute atomic E-state index is 10.9. The number of nitrogens with one attached hydrogen (secondary N) is 1. The van der Waals surface area contributed by atoms with E-state index in [0.717, 1.165) is 11.3 Å². The minimum absolute atomic E-state index is 0.310. The predicted octanol–water partition coefficient (Wildman–Crippen LogP) is 2.86. The highest BCUT2D eigenvalue weighted by atomic mass is 16.5. The number of carboxylic acids is 1. The van der Waals surface area contributed by atoms with Crippen LogP contribution in [0.3, 0.4) is 0 Å². The summed E-state index contributed by atoms with van der Waals surface area (Å²) in [5, 5.41) is 12.2. The highest BCUT2D eigenvalue weighted by molar-refractivity contribution is 5.87. The summed E-state index contributed by atoms with van der Waals surface area (Å²) in [6.07, 6.45) is 0. The molecule has 0 saturated heterocycles. The van der Waals surface area contributed by atoms with Crippen LogP contribution >= 0.6 is 0 Å². The van der Waals surface area contributed by atoms with E-state index in [0.29, 0.717) is 25.3 Å². The Morgan fingerprint density at radius 1 is 1.19 bits per heavy atom. The molecule has 2 rings (SSSR count). The second-order valence-corrected chi connectivity index (χ2v) is 4.85. The summed E-state index contributed by atoms with van der Waals surface area (Å²) in [5.41, 5.74) is 2.43. The van der Waals surface area contributed by atoms with Gasteiger partial charge in [-0.25, -0.2) is 4.79 Å². The first-order chi connectivity index (χ1) is 10.1. The highest BCUT2D eigenvalue weighted by Gasteiger charge is 2.02. The summed E-state index contributed by atoms with van der Waals surface area (Å²) in [5.74, 6) is -0.0377. The minimum atomic E-state index is -0.903. The summed E-state index contributed by atoms with van der Waals surface area (Å²) in [6.45, 7) is 3.92. The van der Waals surface area contributed by atoms with Gasteiger partial charge in [-0.2, -0.15) is 0 Å². The topological polar surface area (TPSA) is 58.6 Å². The number of carboxylic acid groups (broad SMARTS) is 1. The largest absolute Gasteiger partial charge is 0.492 e. The van der Waals surface area contributed by atoms with Gasteiger partial charge in [-0.05, 0) is 42.3 Å². The number of ether oxygens (including phenoxy) is 1. The Labute approximate surface area is 124 Å². The summed E-state index contributed by atoms with van der Waals surface area (Å²) in [6, 6.07) is 14.9. The molecular weight excluding hydrogens is 266 g/mol. The van der Waals surface area contributed by atoms with Gasteiger partial charge in [-0.15, -0.1) is 0 Å². The lowest BCUT2D eigenvalue weighted by atomic mass is 10.1. The summed E-state index contributed by atoms with van der Waals surface area (Å²) in [7, 11) is 0. The van der Waals surface area contributed by atoms with Crippen LogP contribution in [-0.2, 0) is 6.54 Å². The minimum Gasteiger partial charge on any atom is -0.492 e. The molecule has 0 unspecified atom stereocenters. The Kier molecular flexibility index (Phi) is 5.35. The molecule has 0 fully saturated rings. The molecule has 0 amide bonds. The van der Waals surface area contributed by atoms with Crippen molar-refractivity contribution in [2.24, 2.45) is 0 Å². The van der Waals surface area contributed by atoms with Gasteiger partial charge < -0.3 is 15.2 Å². The van der Waals surface area contributed by atoms with E-state index in [-0.39, 0.29) is 0 Å². The zero-order valence-electron chi connectivity index (χ0n) is 12.0. The third-order valence-electron chi connectivity index (χ3n) is 3.04. The molecule has 0 aliphatic heterocycles. The molecule has 4 heteroatoms. The number of benzene rings is 2. The fraction of sp³-hybridized carbons (Fsp3) is 0.235. The second-order valence-electron chi connectivity index (χ2n) is 4.85. The number of aromatic carboxylic acids is 1. The molecule has 0 aliphatic carbocycles. The maximum atomic E-state index is 10.9. The molecular formula is C17H19NO3. The first kappa shape index (κ1) is 15.1. The van der Waals surface area contributed by atoms with E-state index in [1.807, 2.05) is 37.3 Å². The standard InChI is InChI=1S/C17H19NO3/c1-13-4-2-7-16(10-13)21-9-8-18-12-14-5-3-6-15(11-14)17(19)20/h2-7,10-11,18H,8-9,12H2,1H3,(H,19,20). The smallest absolute Gasteiger partial charge is 0.335 e. The van der Waals surface area contributed by atoms with Crippen molar-refractivity contribution in [2.45, 2.75) is 13.5 Å². The van der Waals surface area contributed by atoms with Gasteiger partial charge in [-0.3, -0.25) is 0 Å². The van der Waals surface area contributed by atoms with Crippen molar-refractivity contribution in [3.05, 3.63) is 65.2 Å². The van der Waals surface area contributed by atoms with Gasteiger partial charge in [0.05, 0.1) is 5.56 Å². The van der Waals surface area contributed by atoms with Crippen LogP contribution in [0.1, 0.15) is 21.5 Å². The molecule has 2 N–H and O–H groups in total. The molecule has 0 aliphatic rings. The predicted molar refractivity (Wildman–Crippen MR) is 81.8 cm³/mol. The molecule has 110 valence electrons. The number of carbonyl (C=O) groups is 1. The summed E-state index contributed by atoms with van der Waals surface area (Å²) < 4.78 is 5.63. The van der Waals surface area contributed by atoms with Gasteiger partial charge in [0.25, 0.3) is 0 Å². The average Bonchev–Trinajstić information content (AvgIpc) is 2.47. The SMILES string of the molecule is Cc1cccc(OCCNCc2cccc(C(=O)O)c2)c1. The Morgan fingerprint density at radius 3 is 2.76 bits per heavy atom. The fourth-order valence-corrected chi connectivity index (χ4v) is 1.99. The quantitative estimate of drug-likeness (QED) is 0.768. The molecule has 0 spiro atoms. The lowest BCUT2D eigenvalue weighted by Gasteiger charge is -2.08. The van der Waals surface area contributed by atoms with Crippen LogP contribution in [0.2, 0.25) is 0 Å². The van der Waals surface area contributed by atoms with E-state index >= 15 is 0 Å². The Balaban J connectivity index is 1.72. The van der Waals surface area contributed by atoms with Crippen LogP contribution < -0.4 is 10.1 Å². The van der Waals surface area contributed by atoms with E-state index in [4.69, 9.17) is 9.84 Å². The van der Waals surface area contributed by atoms with Crippen molar-refractivity contribution >= 4 is 5.97 Å². The van der Waals surface area contributed by atoms with Crippen molar-refractivity contribution in [3.63, 3.8) is 0 Å². The van der Waals surface area contributed by atoms with Crippen LogP contribution in [0.4, 0.5) is 0 Å². The number of aryl methyl sites for hydroxylation is 1. The van der Waals surface area contributed by atoms with Crippen LogP contribution in [0.25, 0.3) is 0 Å². The molecule has 0 bridgehead atoms. The number of rotatable bonds is 7. The van der Waals surface area contributed by atoms with Crippen LogP contribution in [0.5, 0.6) is 5.75 Å². The van der Waals surface area contributed by atoms with E-state index < -0.39 is 5.97 Å². The first-order valence-corrected chi connectivity index (χ1v) is 6.87. The summed E-state index contributed by atoms with van der Waals surface area (Å²) >= 11 is 0. The first-order valence-electron chi connectivity index (χ1n) is 6.87. The number of hydrogen-bond donors (Lipinski definition) is 2. The third kappa shape index (κ3) is 4.93. The van der Waals surface area contributed by atoms with Gasteiger partial charge in [0.15, 0.2) is 0 Å². The zero-order chi connectivity index (χ0) is 15.1. The molecule has 2 aromatic rings. The Bertz CT molecular complexity index is 610. The van der Waals surface area contributed by atoms with E-state index in [1.54, 1.807) is 18.2 Å². The van der Waals surface area contributed by atoms with E-state index in [9.17, 15) is 4.79 Å². The Hall–Kier alpha value is -2.33. The van der Waals surface area contributed by atoms with Crippen LogP contribution in [0.15, 0.2) is 48.5 Å². The third-order valence-corrected chi connectivity index (χ3v) is 3.04. The molecule has 21 heavy (non-hydrogen) atoms. The van der Waals surface area contributed by atoms with Crippen LogP contribution in [0, 0.1) is 6.92 Å². The lowest BCUT2D eigenvalue weighted by molar-refractivity contribution is 0.0696. The van der Waals surface area contributed by atoms with E-state index in [2.05, 4.69) is 5.32 Å². The lowest BCUT2D eigenvalue weighted by Crippen LogP contribution is -2.20. The molecule has 0 heterocycles. The van der Waals surface area contributed by atoms with Crippen molar-refractivity contribution in [3.8, 4) is 5.75 Å². The average molecular weight is 285 g/mol. The molecule has 0 radical (unpaired) electrons. The highest BCUT2D eigenvalue weighted by Crippen LogP contribution is 2.11. The Morgan fingerprint density at radius 2 is 2.00 bits per heavy atom. The van der Waals surface area contributed by atoms with Gasteiger partial charge in [-0.1, -0.05) is 24.3 Å². The van der Waals surface area contributed by atoms with Crippen LogP contribution in [-0.4, -0.2) is 24.2 Å². The van der Waals surface area contributed by atoms with Gasteiger partial charge >= 0.3 is 5.97 Å². The van der Waals surface area contributed by atoms with Gasteiger partial charge in [0, 0.05) is 13.1 Å². The molecule has 0 aromatic heterocycles.